The van der Waals surface area contributed by atoms with Gasteiger partial charge >= 0.3 is 0 Å². The van der Waals surface area contributed by atoms with Crippen LogP contribution in [0.15, 0.2) is 40.4 Å². The van der Waals surface area contributed by atoms with E-state index >= 15 is 0 Å². The fraction of sp³-hybridized carbons (Fsp3) is 0. The molecule has 0 radical (unpaired) electrons. The molecule has 0 bridgehead atoms. The Balaban J connectivity index is 2.02. The molecule has 4 rings (SSSR count). The van der Waals surface area contributed by atoms with Gasteiger partial charge in [-0.1, -0.05) is 0 Å². The van der Waals surface area contributed by atoms with Crippen LogP contribution in [-0.2, 0) is 0 Å². The summed E-state index contributed by atoms with van der Waals surface area (Å²) in [5.74, 6) is 0. The average molecular weight is 348 g/mol. The molecule has 0 spiro atoms. The number of nitrogens with zero attached hydrogens (tertiary/aromatic N) is 3. The van der Waals surface area contributed by atoms with Crippen molar-refractivity contribution in [1.82, 2.24) is 15.0 Å². The Hall–Kier alpha value is -1.37. The van der Waals surface area contributed by atoms with Gasteiger partial charge in [0, 0.05) is 12.4 Å². The topological polar surface area (TPSA) is 38.7 Å². The van der Waals surface area contributed by atoms with Gasteiger partial charge in [0.25, 0.3) is 0 Å². The van der Waals surface area contributed by atoms with Gasteiger partial charge in [0.05, 0.1) is 19.1 Å². The first-order chi connectivity index (χ1) is 9.31. The van der Waals surface area contributed by atoms with Crippen LogP contribution >= 0.6 is 38.6 Å². The smallest absolute Gasteiger partial charge is 0.144 e. The highest BCUT2D eigenvalue weighted by Crippen LogP contribution is 2.34. The lowest BCUT2D eigenvalue weighted by molar-refractivity contribution is 1.31. The van der Waals surface area contributed by atoms with Gasteiger partial charge in [0.1, 0.15) is 15.9 Å². The zero-order valence-electron chi connectivity index (χ0n) is 9.50. The molecule has 0 atom stereocenters. The Morgan fingerprint density at radius 2 is 1.79 bits per heavy atom. The molecule has 0 fully saturated rings. The number of hydrogen-bond donors (Lipinski definition) is 0. The lowest BCUT2D eigenvalue weighted by atomic mass is 10.3. The van der Waals surface area contributed by atoms with E-state index in [2.05, 4.69) is 44.1 Å². The molecule has 0 aliphatic heterocycles. The molecular weight excluding hydrogens is 342 g/mol. The van der Waals surface area contributed by atoms with Crippen LogP contribution in [0.5, 0.6) is 0 Å². The molecule has 92 valence electrons. The van der Waals surface area contributed by atoms with Crippen LogP contribution in [0.1, 0.15) is 0 Å². The molecule has 19 heavy (non-hydrogen) atoms. The Kier molecular flexibility index (Phi) is 2.61. The fourth-order valence-corrected chi connectivity index (χ4v) is 4.25. The Morgan fingerprint density at radius 3 is 2.63 bits per heavy atom. The van der Waals surface area contributed by atoms with Gasteiger partial charge in [0.15, 0.2) is 0 Å². The van der Waals surface area contributed by atoms with E-state index < -0.39 is 0 Å². The maximum Gasteiger partial charge on any atom is 0.144 e. The molecule has 0 N–H and O–H groups in total. The summed E-state index contributed by atoms with van der Waals surface area (Å²) < 4.78 is 2.24. The van der Waals surface area contributed by atoms with Crippen LogP contribution in [0.2, 0.25) is 0 Å². The molecule has 0 saturated heterocycles. The minimum atomic E-state index is 0.889. The summed E-state index contributed by atoms with van der Waals surface area (Å²) in [5, 5.41) is 0. The van der Waals surface area contributed by atoms with E-state index in [1.807, 2.05) is 6.07 Å². The maximum atomic E-state index is 4.74. The standard InChI is InChI=1S/C13H6BrN3S2/c14-10-4-3-8(18-10)7-1-2-9-11(17-7)12-13(19-9)16-6-5-15-12/h1-6H. The van der Waals surface area contributed by atoms with Gasteiger partial charge in [0.2, 0.25) is 0 Å². The zero-order valence-corrected chi connectivity index (χ0v) is 12.7. The Bertz CT molecular complexity index is 897. The lowest BCUT2D eigenvalue weighted by Gasteiger charge is -1.96. The van der Waals surface area contributed by atoms with Gasteiger partial charge in [-0.05, 0) is 40.2 Å². The van der Waals surface area contributed by atoms with Crippen LogP contribution in [-0.4, -0.2) is 15.0 Å². The summed E-state index contributed by atoms with van der Waals surface area (Å²) in [5.41, 5.74) is 2.81. The van der Waals surface area contributed by atoms with E-state index in [0.717, 1.165) is 34.9 Å². The van der Waals surface area contributed by atoms with Crippen molar-refractivity contribution >= 4 is 59.2 Å². The van der Waals surface area contributed by atoms with Crippen molar-refractivity contribution in [3.8, 4) is 10.6 Å². The predicted octanol–water partition coefficient (Wildman–Crippen LogP) is 4.73. The third-order valence-electron chi connectivity index (χ3n) is 2.78. The second-order valence-corrected chi connectivity index (χ2v) is 7.45. The van der Waals surface area contributed by atoms with Crippen molar-refractivity contribution in [3.63, 3.8) is 0 Å². The van der Waals surface area contributed by atoms with E-state index in [-0.39, 0.29) is 0 Å². The summed E-state index contributed by atoms with van der Waals surface area (Å²) in [6.45, 7) is 0. The number of pyridine rings is 1. The highest BCUT2D eigenvalue weighted by atomic mass is 79.9. The average Bonchev–Trinajstić information content (AvgIpc) is 3.01. The molecule has 4 aromatic heterocycles. The quantitative estimate of drug-likeness (QED) is 0.499. The largest absolute Gasteiger partial charge is 0.250 e. The molecule has 4 heterocycles. The first kappa shape index (κ1) is 11.5. The summed E-state index contributed by atoms with van der Waals surface area (Å²) in [6, 6.07) is 8.26. The van der Waals surface area contributed by atoms with Crippen molar-refractivity contribution in [3.05, 3.63) is 40.4 Å². The van der Waals surface area contributed by atoms with Crippen molar-refractivity contribution in [2.75, 3.05) is 0 Å². The normalized spacial score (nSPS) is 11.4. The molecule has 6 heteroatoms. The number of aromatic nitrogens is 3. The minimum Gasteiger partial charge on any atom is -0.250 e. The molecule has 0 aromatic carbocycles. The first-order valence-corrected chi connectivity index (χ1v) is 8.00. The van der Waals surface area contributed by atoms with E-state index in [9.17, 15) is 0 Å². The highest BCUT2D eigenvalue weighted by Gasteiger charge is 2.10. The SMILES string of the molecule is Brc1ccc(-c2ccc3sc4nccnc4c3n2)s1. The number of thiophene rings is 2. The molecule has 0 aliphatic rings. The number of fused-ring (bicyclic) bond motifs is 3. The number of rotatable bonds is 1. The van der Waals surface area contributed by atoms with Crippen molar-refractivity contribution in [1.29, 1.82) is 0 Å². The molecule has 0 saturated carbocycles. The van der Waals surface area contributed by atoms with Gasteiger partial charge in [-0.3, -0.25) is 0 Å². The van der Waals surface area contributed by atoms with Crippen molar-refractivity contribution in [2.45, 2.75) is 0 Å². The summed E-state index contributed by atoms with van der Waals surface area (Å²) >= 11 is 6.79. The first-order valence-electron chi connectivity index (χ1n) is 5.57. The van der Waals surface area contributed by atoms with Gasteiger partial charge in [-0.2, -0.15) is 0 Å². The van der Waals surface area contributed by atoms with E-state index in [1.165, 1.54) is 0 Å². The second-order valence-electron chi connectivity index (χ2n) is 3.96. The fourth-order valence-electron chi connectivity index (χ4n) is 1.95. The molecule has 0 unspecified atom stereocenters. The van der Waals surface area contributed by atoms with Crippen molar-refractivity contribution in [2.24, 2.45) is 0 Å². The zero-order chi connectivity index (χ0) is 12.8. The molecule has 3 nitrogen and oxygen atoms in total. The van der Waals surface area contributed by atoms with Crippen LogP contribution in [0.3, 0.4) is 0 Å². The Labute approximate surface area is 125 Å². The number of halogens is 1. The maximum absolute atomic E-state index is 4.74. The molecule has 4 aromatic rings. The van der Waals surface area contributed by atoms with Crippen LogP contribution < -0.4 is 0 Å². The predicted molar refractivity (Wildman–Crippen MR) is 83.7 cm³/mol. The van der Waals surface area contributed by atoms with E-state index in [1.54, 1.807) is 35.1 Å². The lowest BCUT2D eigenvalue weighted by Crippen LogP contribution is -1.82. The molecule has 0 aliphatic carbocycles. The van der Waals surface area contributed by atoms with Gasteiger partial charge in [-0.15, -0.1) is 22.7 Å². The van der Waals surface area contributed by atoms with Gasteiger partial charge < -0.3 is 0 Å². The van der Waals surface area contributed by atoms with E-state index in [0.29, 0.717) is 0 Å². The molecular formula is C13H6BrN3S2. The molecule has 0 amide bonds. The third kappa shape index (κ3) is 1.87. The second kappa shape index (κ2) is 4.33. The minimum absolute atomic E-state index is 0.889. The number of hydrogen-bond acceptors (Lipinski definition) is 5. The van der Waals surface area contributed by atoms with Crippen LogP contribution in [0.4, 0.5) is 0 Å². The Morgan fingerprint density at radius 1 is 0.895 bits per heavy atom. The monoisotopic (exact) mass is 347 g/mol. The van der Waals surface area contributed by atoms with E-state index in [4.69, 9.17) is 4.98 Å². The highest BCUT2D eigenvalue weighted by molar-refractivity contribution is 9.11. The third-order valence-corrected chi connectivity index (χ3v) is 5.47. The van der Waals surface area contributed by atoms with Crippen molar-refractivity contribution < 1.29 is 0 Å². The summed E-state index contributed by atoms with van der Waals surface area (Å²) in [4.78, 5) is 15.6. The van der Waals surface area contributed by atoms with Crippen LogP contribution in [0, 0.1) is 0 Å². The van der Waals surface area contributed by atoms with Gasteiger partial charge in [-0.25, -0.2) is 15.0 Å². The summed E-state index contributed by atoms with van der Waals surface area (Å²) in [6.07, 6.45) is 3.43. The summed E-state index contributed by atoms with van der Waals surface area (Å²) in [7, 11) is 0. The van der Waals surface area contributed by atoms with Crippen LogP contribution in [0.25, 0.3) is 31.1 Å².